The second-order valence-electron chi connectivity index (χ2n) is 6.34. The zero-order valence-corrected chi connectivity index (χ0v) is 12.4. The van der Waals surface area contributed by atoms with E-state index in [1.807, 2.05) is 12.1 Å². The lowest BCUT2D eigenvalue weighted by Gasteiger charge is -2.24. The first-order chi connectivity index (χ1) is 9.67. The Labute approximate surface area is 121 Å². The van der Waals surface area contributed by atoms with Gasteiger partial charge in [-0.3, -0.25) is 0 Å². The van der Waals surface area contributed by atoms with E-state index in [-0.39, 0.29) is 5.82 Å². The summed E-state index contributed by atoms with van der Waals surface area (Å²) in [5, 5.41) is 8.89. The SMILES string of the molecule is C[C@H]1CCCCCC(CCc2cc(F)cc(C#N)c2)C1. The zero-order valence-electron chi connectivity index (χ0n) is 12.4. The van der Waals surface area contributed by atoms with E-state index in [1.54, 1.807) is 6.07 Å². The molecule has 1 unspecified atom stereocenters. The minimum atomic E-state index is -0.287. The minimum Gasteiger partial charge on any atom is -0.207 e. The Balaban J connectivity index is 1.93. The topological polar surface area (TPSA) is 23.8 Å². The number of nitrogens with zero attached hydrogens (tertiary/aromatic N) is 1. The van der Waals surface area contributed by atoms with E-state index in [4.69, 9.17) is 5.26 Å². The van der Waals surface area contributed by atoms with Crippen LogP contribution in [-0.2, 0) is 6.42 Å². The third-order valence-electron chi connectivity index (χ3n) is 4.47. The highest BCUT2D eigenvalue weighted by Gasteiger charge is 2.16. The fraction of sp³-hybridized carbons (Fsp3) is 0.611. The lowest BCUT2D eigenvalue weighted by molar-refractivity contribution is 0.298. The van der Waals surface area contributed by atoms with Gasteiger partial charge in [0.05, 0.1) is 11.6 Å². The first-order valence-electron chi connectivity index (χ1n) is 7.87. The Bertz CT molecular complexity index is 475. The molecule has 20 heavy (non-hydrogen) atoms. The van der Waals surface area contributed by atoms with Crippen molar-refractivity contribution in [3.05, 3.63) is 35.1 Å². The van der Waals surface area contributed by atoms with Crippen LogP contribution in [0.3, 0.4) is 0 Å². The molecular weight excluding hydrogens is 249 g/mol. The Hall–Kier alpha value is -1.36. The Morgan fingerprint density at radius 2 is 2.00 bits per heavy atom. The molecule has 1 aromatic carbocycles. The fourth-order valence-electron chi connectivity index (χ4n) is 3.40. The molecule has 1 aliphatic rings. The van der Waals surface area contributed by atoms with Crippen molar-refractivity contribution >= 4 is 0 Å². The molecule has 2 rings (SSSR count). The summed E-state index contributed by atoms with van der Waals surface area (Å²) in [4.78, 5) is 0. The Morgan fingerprint density at radius 1 is 1.20 bits per heavy atom. The van der Waals surface area contributed by atoms with Gasteiger partial charge in [0, 0.05) is 0 Å². The minimum absolute atomic E-state index is 0.287. The van der Waals surface area contributed by atoms with Crippen molar-refractivity contribution in [2.45, 2.75) is 58.3 Å². The zero-order chi connectivity index (χ0) is 14.4. The second kappa shape index (κ2) is 7.43. The molecule has 0 radical (unpaired) electrons. The van der Waals surface area contributed by atoms with Gasteiger partial charge in [0.15, 0.2) is 0 Å². The van der Waals surface area contributed by atoms with Gasteiger partial charge in [-0.15, -0.1) is 0 Å². The Morgan fingerprint density at radius 3 is 2.80 bits per heavy atom. The number of hydrogen-bond acceptors (Lipinski definition) is 1. The van der Waals surface area contributed by atoms with Crippen molar-refractivity contribution in [3.63, 3.8) is 0 Å². The van der Waals surface area contributed by atoms with Gasteiger partial charge in [-0.05, 0) is 54.9 Å². The van der Waals surface area contributed by atoms with Gasteiger partial charge in [0.1, 0.15) is 5.82 Å². The molecule has 0 bridgehead atoms. The number of hydrogen-bond donors (Lipinski definition) is 0. The maximum Gasteiger partial charge on any atom is 0.124 e. The molecule has 2 heteroatoms. The highest BCUT2D eigenvalue weighted by Crippen LogP contribution is 2.29. The summed E-state index contributed by atoms with van der Waals surface area (Å²) in [7, 11) is 0. The smallest absolute Gasteiger partial charge is 0.124 e. The lowest BCUT2D eigenvalue weighted by Crippen LogP contribution is -2.11. The van der Waals surface area contributed by atoms with Gasteiger partial charge >= 0.3 is 0 Å². The molecular formula is C18H24FN. The third kappa shape index (κ3) is 4.63. The van der Waals surface area contributed by atoms with Gasteiger partial charge in [0.25, 0.3) is 0 Å². The number of aryl methyl sites for hydroxylation is 1. The van der Waals surface area contributed by atoms with E-state index in [0.717, 1.165) is 30.2 Å². The second-order valence-corrected chi connectivity index (χ2v) is 6.34. The predicted octanol–water partition coefficient (Wildman–Crippen LogP) is 5.24. The van der Waals surface area contributed by atoms with Crippen LogP contribution in [0.1, 0.15) is 63.0 Å². The van der Waals surface area contributed by atoms with E-state index < -0.39 is 0 Å². The Kier molecular flexibility index (Phi) is 5.59. The van der Waals surface area contributed by atoms with Crippen molar-refractivity contribution in [2.75, 3.05) is 0 Å². The van der Waals surface area contributed by atoms with Gasteiger partial charge < -0.3 is 0 Å². The molecule has 0 aromatic heterocycles. The monoisotopic (exact) mass is 273 g/mol. The number of halogens is 1. The van der Waals surface area contributed by atoms with Crippen LogP contribution in [0.4, 0.5) is 4.39 Å². The highest BCUT2D eigenvalue weighted by atomic mass is 19.1. The average molecular weight is 273 g/mol. The van der Waals surface area contributed by atoms with E-state index >= 15 is 0 Å². The first kappa shape index (κ1) is 15.0. The number of benzene rings is 1. The van der Waals surface area contributed by atoms with Crippen LogP contribution in [-0.4, -0.2) is 0 Å². The molecule has 0 saturated heterocycles. The van der Waals surface area contributed by atoms with Crippen LogP contribution in [0.25, 0.3) is 0 Å². The summed E-state index contributed by atoms with van der Waals surface area (Å²) in [6, 6.07) is 6.74. The molecule has 1 saturated carbocycles. The summed E-state index contributed by atoms with van der Waals surface area (Å²) in [5.41, 5.74) is 1.40. The van der Waals surface area contributed by atoms with E-state index in [0.29, 0.717) is 5.56 Å². The van der Waals surface area contributed by atoms with Crippen LogP contribution in [0.5, 0.6) is 0 Å². The standard InChI is InChI=1S/C18H24FN/c1-14-5-3-2-4-6-15(9-14)7-8-16-10-17(13-20)12-18(19)11-16/h10-12,14-15H,2-9H2,1H3/t14-,15?/m0/s1. The highest BCUT2D eigenvalue weighted by molar-refractivity contribution is 5.33. The van der Waals surface area contributed by atoms with Crippen LogP contribution in [0.15, 0.2) is 18.2 Å². The average Bonchev–Trinajstić information content (AvgIpc) is 2.40. The fourth-order valence-corrected chi connectivity index (χ4v) is 3.40. The van der Waals surface area contributed by atoms with Gasteiger partial charge in [-0.1, -0.05) is 39.0 Å². The van der Waals surface area contributed by atoms with Crippen LogP contribution < -0.4 is 0 Å². The summed E-state index contributed by atoms with van der Waals surface area (Å²) >= 11 is 0. The molecule has 0 heterocycles. The normalized spacial score (nSPS) is 23.6. The third-order valence-corrected chi connectivity index (χ3v) is 4.47. The first-order valence-corrected chi connectivity index (χ1v) is 7.87. The summed E-state index contributed by atoms with van der Waals surface area (Å²) in [5.74, 6) is 1.30. The maximum atomic E-state index is 13.4. The lowest BCUT2D eigenvalue weighted by atomic mass is 9.82. The van der Waals surface area contributed by atoms with Crippen molar-refractivity contribution in [3.8, 4) is 6.07 Å². The van der Waals surface area contributed by atoms with Gasteiger partial charge in [-0.2, -0.15) is 5.26 Å². The molecule has 0 amide bonds. The van der Waals surface area contributed by atoms with Crippen molar-refractivity contribution in [2.24, 2.45) is 11.8 Å². The summed E-state index contributed by atoms with van der Waals surface area (Å²) < 4.78 is 13.4. The molecule has 1 aliphatic carbocycles. The van der Waals surface area contributed by atoms with Crippen LogP contribution in [0.2, 0.25) is 0 Å². The van der Waals surface area contributed by atoms with Crippen LogP contribution in [0, 0.1) is 29.0 Å². The molecule has 0 spiro atoms. The molecule has 0 aliphatic heterocycles. The number of nitriles is 1. The van der Waals surface area contributed by atoms with Crippen molar-refractivity contribution < 1.29 is 4.39 Å². The molecule has 2 atom stereocenters. The van der Waals surface area contributed by atoms with Crippen molar-refractivity contribution in [1.29, 1.82) is 5.26 Å². The summed E-state index contributed by atoms with van der Waals surface area (Å²) in [6.07, 6.45) is 10.1. The largest absolute Gasteiger partial charge is 0.207 e. The van der Waals surface area contributed by atoms with Gasteiger partial charge in [0.2, 0.25) is 0 Å². The molecule has 108 valence electrons. The van der Waals surface area contributed by atoms with E-state index in [9.17, 15) is 4.39 Å². The molecule has 1 fully saturated rings. The van der Waals surface area contributed by atoms with Gasteiger partial charge in [-0.25, -0.2) is 4.39 Å². The molecule has 1 nitrogen and oxygen atoms in total. The van der Waals surface area contributed by atoms with Crippen LogP contribution >= 0.6 is 0 Å². The predicted molar refractivity (Wildman–Crippen MR) is 79.8 cm³/mol. The van der Waals surface area contributed by atoms with E-state index in [1.165, 1.54) is 44.6 Å². The quantitative estimate of drug-likeness (QED) is 0.739. The molecule has 1 aromatic rings. The molecule has 0 N–H and O–H groups in total. The number of rotatable bonds is 3. The summed E-state index contributed by atoms with van der Waals surface area (Å²) in [6.45, 7) is 2.36. The van der Waals surface area contributed by atoms with Crippen molar-refractivity contribution in [1.82, 2.24) is 0 Å². The maximum absolute atomic E-state index is 13.4. The van der Waals surface area contributed by atoms with E-state index in [2.05, 4.69) is 6.92 Å².